The van der Waals surface area contributed by atoms with Crippen LogP contribution in [0, 0.1) is 5.82 Å². The highest BCUT2D eigenvalue weighted by molar-refractivity contribution is 7.97. The first-order valence-electron chi connectivity index (χ1n) is 7.59. The van der Waals surface area contributed by atoms with E-state index in [9.17, 15) is 14.3 Å². The molecule has 1 aromatic rings. The van der Waals surface area contributed by atoms with Gasteiger partial charge in [0.05, 0.1) is 12.1 Å². The van der Waals surface area contributed by atoms with Gasteiger partial charge >= 0.3 is 6.03 Å². The average Bonchev–Trinajstić information content (AvgIpc) is 2.49. The maximum atomic E-state index is 13.3. The predicted octanol–water partition coefficient (Wildman–Crippen LogP) is 2.79. The second-order valence-corrected chi connectivity index (χ2v) is 6.50. The van der Waals surface area contributed by atoms with Crippen molar-refractivity contribution in [3.05, 3.63) is 35.1 Å². The number of carbonyl (C=O) groups is 1. The summed E-state index contributed by atoms with van der Waals surface area (Å²) in [6, 6.07) is 4.16. The highest BCUT2D eigenvalue weighted by Crippen LogP contribution is 2.19. The molecule has 0 heterocycles. The van der Waals surface area contributed by atoms with Gasteiger partial charge in [0.2, 0.25) is 0 Å². The second-order valence-electron chi connectivity index (χ2n) is 5.63. The molecule has 22 heavy (non-hydrogen) atoms. The summed E-state index contributed by atoms with van der Waals surface area (Å²) in [5.74, 6) is 0.445. The van der Waals surface area contributed by atoms with Gasteiger partial charge in [-0.1, -0.05) is 18.9 Å². The fraction of sp³-hybridized carbons (Fsp3) is 0.562. The van der Waals surface area contributed by atoms with Crippen LogP contribution in [0.2, 0.25) is 0 Å². The Morgan fingerprint density at radius 1 is 1.36 bits per heavy atom. The molecule has 0 spiro atoms. The molecule has 2 rings (SSSR count). The molecule has 0 saturated heterocycles. The lowest BCUT2D eigenvalue weighted by Gasteiger charge is -2.28. The Hall–Kier alpha value is -1.27. The van der Waals surface area contributed by atoms with E-state index in [0.29, 0.717) is 12.3 Å². The number of aliphatic hydroxyl groups is 1. The first kappa shape index (κ1) is 17.1. The number of hydrogen-bond acceptors (Lipinski definition) is 3. The van der Waals surface area contributed by atoms with Crippen LogP contribution < -0.4 is 10.6 Å². The van der Waals surface area contributed by atoms with Gasteiger partial charge in [-0.3, -0.25) is 0 Å². The number of amides is 2. The summed E-state index contributed by atoms with van der Waals surface area (Å²) < 4.78 is 13.3. The summed E-state index contributed by atoms with van der Waals surface area (Å²) in [6.07, 6.45) is 5.08. The van der Waals surface area contributed by atoms with E-state index in [1.807, 2.05) is 6.26 Å². The molecule has 0 unspecified atom stereocenters. The fourth-order valence-corrected chi connectivity index (χ4v) is 3.31. The molecule has 2 atom stereocenters. The van der Waals surface area contributed by atoms with Crippen molar-refractivity contribution in [3.8, 4) is 0 Å². The van der Waals surface area contributed by atoms with Gasteiger partial charge in [-0.05, 0) is 42.4 Å². The van der Waals surface area contributed by atoms with Crippen LogP contribution in [0.3, 0.4) is 0 Å². The van der Waals surface area contributed by atoms with Gasteiger partial charge in [0.25, 0.3) is 0 Å². The quantitative estimate of drug-likeness (QED) is 0.780. The van der Waals surface area contributed by atoms with Crippen molar-refractivity contribution in [2.24, 2.45) is 0 Å². The van der Waals surface area contributed by atoms with Gasteiger partial charge in [-0.25, -0.2) is 9.18 Å². The Kier molecular flexibility index (Phi) is 6.51. The van der Waals surface area contributed by atoms with Crippen molar-refractivity contribution in [1.29, 1.82) is 0 Å². The summed E-state index contributed by atoms with van der Waals surface area (Å²) in [5, 5.41) is 15.5. The maximum absolute atomic E-state index is 13.3. The lowest BCUT2D eigenvalue weighted by atomic mass is 9.93. The van der Waals surface area contributed by atoms with Crippen LogP contribution >= 0.6 is 11.8 Å². The van der Waals surface area contributed by atoms with Crippen LogP contribution in [-0.4, -0.2) is 29.5 Å². The third-order valence-corrected chi connectivity index (χ3v) is 4.55. The van der Waals surface area contributed by atoms with Gasteiger partial charge in [0.1, 0.15) is 5.82 Å². The normalized spacial score (nSPS) is 21.4. The molecule has 6 heteroatoms. The van der Waals surface area contributed by atoms with E-state index in [1.54, 1.807) is 17.8 Å². The van der Waals surface area contributed by atoms with Crippen molar-refractivity contribution in [1.82, 2.24) is 10.6 Å². The van der Waals surface area contributed by atoms with Crippen LogP contribution in [0.25, 0.3) is 0 Å². The van der Waals surface area contributed by atoms with E-state index in [-0.39, 0.29) is 17.9 Å². The number of thioether (sulfide) groups is 1. The third-order valence-electron chi connectivity index (χ3n) is 3.95. The Morgan fingerprint density at radius 3 is 2.86 bits per heavy atom. The molecule has 0 bridgehead atoms. The van der Waals surface area contributed by atoms with Crippen LogP contribution in [0.4, 0.5) is 9.18 Å². The summed E-state index contributed by atoms with van der Waals surface area (Å²) in [6.45, 7) is 0.352. The van der Waals surface area contributed by atoms with Gasteiger partial charge in [-0.15, -0.1) is 0 Å². The van der Waals surface area contributed by atoms with E-state index >= 15 is 0 Å². The number of urea groups is 1. The Bertz CT molecular complexity index is 513. The lowest BCUT2D eigenvalue weighted by Crippen LogP contribution is -2.48. The van der Waals surface area contributed by atoms with Crippen LogP contribution in [0.15, 0.2) is 18.2 Å². The second kappa shape index (κ2) is 8.39. The number of carbonyl (C=O) groups excluding carboxylic acids is 1. The van der Waals surface area contributed by atoms with E-state index in [0.717, 1.165) is 36.8 Å². The smallest absolute Gasteiger partial charge is 0.315 e. The molecular formula is C16H23FN2O2S. The van der Waals surface area contributed by atoms with Gasteiger partial charge < -0.3 is 15.7 Å². The van der Waals surface area contributed by atoms with E-state index < -0.39 is 6.10 Å². The third kappa shape index (κ3) is 4.88. The Morgan fingerprint density at radius 2 is 2.14 bits per heavy atom. The van der Waals surface area contributed by atoms with E-state index in [2.05, 4.69) is 10.6 Å². The van der Waals surface area contributed by atoms with Crippen LogP contribution in [0.5, 0.6) is 0 Å². The zero-order valence-corrected chi connectivity index (χ0v) is 13.6. The van der Waals surface area contributed by atoms with Gasteiger partial charge in [0.15, 0.2) is 0 Å². The van der Waals surface area contributed by atoms with Crippen molar-refractivity contribution in [3.63, 3.8) is 0 Å². The summed E-state index contributed by atoms with van der Waals surface area (Å²) in [4.78, 5) is 12.0. The molecule has 1 fully saturated rings. The number of hydrogen-bond donors (Lipinski definition) is 3. The number of nitrogens with one attached hydrogen (secondary N) is 2. The van der Waals surface area contributed by atoms with Crippen molar-refractivity contribution in [2.75, 3.05) is 6.26 Å². The molecule has 0 aliphatic heterocycles. The molecule has 3 N–H and O–H groups in total. The molecular weight excluding hydrogens is 303 g/mol. The number of aliphatic hydroxyl groups excluding tert-OH is 1. The standard InChI is InChI=1S/C16H23FN2O2S/c1-22-10-12-8-13(17)7-6-11(12)9-18-16(21)19-14-4-2-3-5-15(14)20/h6-8,14-15,20H,2-5,9-10H2,1H3,(H2,18,19,21)/t14-,15+/m1/s1. The first-order valence-corrected chi connectivity index (χ1v) is 8.98. The largest absolute Gasteiger partial charge is 0.391 e. The maximum Gasteiger partial charge on any atom is 0.315 e. The molecule has 1 aromatic carbocycles. The summed E-state index contributed by atoms with van der Waals surface area (Å²) >= 11 is 1.61. The van der Waals surface area contributed by atoms with Crippen molar-refractivity contribution < 1.29 is 14.3 Å². The SMILES string of the molecule is CSCc1cc(F)ccc1CNC(=O)N[C@@H]1CCCC[C@@H]1O. The van der Waals surface area contributed by atoms with E-state index in [4.69, 9.17) is 0 Å². The molecule has 0 radical (unpaired) electrons. The molecule has 1 aliphatic rings. The number of halogens is 1. The van der Waals surface area contributed by atoms with Gasteiger partial charge in [-0.2, -0.15) is 11.8 Å². The molecule has 122 valence electrons. The number of rotatable bonds is 5. The summed E-state index contributed by atoms with van der Waals surface area (Å²) in [7, 11) is 0. The Balaban J connectivity index is 1.88. The number of benzene rings is 1. The van der Waals surface area contributed by atoms with Crippen LogP contribution in [0.1, 0.15) is 36.8 Å². The zero-order chi connectivity index (χ0) is 15.9. The highest BCUT2D eigenvalue weighted by Gasteiger charge is 2.24. The zero-order valence-electron chi connectivity index (χ0n) is 12.8. The summed E-state index contributed by atoms with van der Waals surface area (Å²) in [5.41, 5.74) is 1.81. The first-order chi connectivity index (χ1) is 10.6. The highest BCUT2D eigenvalue weighted by atomic mass is 32.2. The topological polar surface area (TPSA) is 61.4 Å². The minimum absolute atomic E-state index is 0.173. The average molecular weight is 326 g/mol. The fourth-order valence-electron chi connectivity index (χ4n) is 2.73. The monoisotopic (exact) mass is 326 g/mol. The lowest BCUT2D eigenvalue weighted by molar-refractivity contribution is 0.0943. The molecule has 0 aromatic heterocycles. The predicted molar refractivity (Wildman–Crippen MR) is 87.3 cm³/mol. The molecule has 1 saturated carbocycles. The molecule has 1 aliphatic carbocycles. The molecule has 4 nitrogen and oxygen atoms in total. The minimum Gasteiger partial charge on any atom is -0.391 e. The van der Waals surface area contributed by atoms with Crippen molar-refractivity contribution in [2.45, 2.75) is 50.1 Å². The Labute approximate surface area is 134 Å². The van der Waals surface area contributed by atoms with Crippen molar-refractivity contribution >= 4 is 17.8 Å². The van der Waals surface area contributed by atoms with E-state index in [1.165, 1.54) is 12.1 Å². The minimum atomic E-state index is -0.461. The molecule has 2 amide bonds. The van der Waals surface area contributed by atoms with Gasteiger partial charge in [0, 0.05) is 12.3 Å². The van der Waals surface area contributed by atoms with Crippen LogP contribution in [-0.2, 0) is 12.3 Å².